The minimum Gasteiger partial charge on any atom is -0.359 e. The average molecular weight is 281 g/mol. The fraction of sp³-hybridized carbons (Fsp3) is 0.667. The van der Waals surface area contributed by atoms with Crippen LogP contribution in [0.5, 0.6) is 0 Å². The summed E-state index contributed by atoms with van der Waals surface area (Å²) in [4.78, 5) is 6.97. The predicted molar refractivity (Wildman–Crippen MR) is 87.3 cm³/mol. The smallest absolute Gasteiger partial charge is 0.128 e. The number of nitrogens with zero attached hydrogens (tertiary/aromatic N) is 2. The Morgan fingerprint density at radius 3 is 2.74 bits per heavy atom. The van der Waals surface area contributed by atoms with Crippen LogP contribution in [0.4, 0.5) is 5.82 Å². The number of aromatic nitrogens is 1. The summed E-state index contributed by atoms with van der Waals surface area (Å²) in [6.45, 7) is 7.41. The second kappa shape index (κ2) is 9.21. The second-order valence-electron chi connectivity index (χ2n) is 4.77. The first-order chi connectivity index (χ1) is 9.21. The van der Waals surface area contributed by atoms with Gasteiger partial charge in [0.25, 0.3) is 0 Å². The monoisotopic (exact) mass is 281 g/mol. The molecule has 0 spiro atoms. The van der Waals surface area contributed by atoms with E-state index in [2.05, 4.69) is 49.5 Å². The quantitative estimate of drug-likeness (QED) is 0.705. The SMILES string of the molecule is CCCNCc1cc(CC)nc(N(C)CCSC)c1. The van der Waals surface area contributed by atoms with Crippen LogP contribution in [0.2, 0.25) is 0 Å². The molecule has 1 rings (SSSR count). The molecule has 3 nitrogen and oxygen atoms in total. The van der Waals surface area contributed by atoms with Crippen molar-refractivity contribution in [3.8, 4) is 0 Å². The molecule has 0 radical (unpaired) electrons. The number of anilines is 1. The van der Waals surface area contributed by atoms with E-state index in [0.29, 0.717) is 0 Å². The lowest BCUT2D eigenvalue weighted by molar-refractivity contribution is 0.673. The van der Waals surface area contributed by atoms with Crippen molar-refractivity contribution in [1.82, 2.24) is 10.3 Å². The highest BCUT2D eigenvalue weighted by Gasteiger charge is 2.06. The molecule has 0 aliphatic heterocycles. The van der Waals surface area contributed by atoms with Crippen LogP contribution < -0.4 is 10.2 Å². The molecule has 19 heavy (non-hydrogen) atoms. The van der Waals surface area contributed by atoms with E-state index in [0.717, 1.165) is 37.6 Å². The topological polar surface area (TPSA) is 28.2 Å². The first-order valence-corrected chi connectivity index (χ1v) is 8.51. The number of nitrogens with one attached hydrogen (secondary N) is 1. The van der Waals surface area contributed by atoms with Crippen molar-refractivity contribution < 1.29 is 0 Å². The Morgan fingerprint density at radius 2 is 2.11 bits per heavy atom. The zero-order valence-corrected chi connectivity index (χ0v) is 13.5. The van der Waals surface area contributed by atoms with E-state index in [1.807, 2.05) is 11.8 Å². The molecular weight excluding hydrogens is 254 g/mol. The Morgan fingerprint density at radius 1 is 1.32 bits per heavy atom. The van der Waals surface area contributed by atoms with Crippen molar-refractivity contribution in [2.24, 2.45) is 0 Å². The van der Waals surface area contributed by atoms with Gasteiger partial charge in [-0.25, -0.2) is 4.98 Å². The van der Waals surface area contributed by atoms with Gasteiger partial charge in [0.15, 0.2) is 0 Å². The first kappa shape index (κ1) is 16.3. The van der Waals surface area contributed by atoms with Crippen molar-refractivity contribution in [2.75, 3.05) is 37.0 Å². The molecule has 0 aliphatic carbocycles. The van der Waals surface area contributed by atoms with Crippen molar-refractivity contribution in [3.05, 3.63) is 23.4 Å². The molecule has 1 N–H and O–H groups in total. The van der Waals surface area contributed by atoms with Crippen LogP contribution in [0.25, 0.3) is 0 Å². The molecule has 0 atom stereocenters. The van der Waals surface area contributed by atoms with Crippen LogP contribution in [0.15, 0.2) is 12.1 Å². The Kier molecular flexibility index (Phi) is 7.91. The number of hydrogen-bond donors (Lipinski definition) is 1. The lowest BCUT2D eigenvalue weighted by Crippen LogP contribution is -2.22. The van der Waals surface area contributed by atoms with Crippen molar-refractivity contribution >= 4 is 17.6 Å². The number of rotatable bonds is 9. The standard InChI is InChI=1S/C15H27N3S/c1-5-7-16-12-13-10-14(6-2)17-15(11-13)18(3)8-9-19-4/h10-11,16H,5-9,12H2,1-4H3. The second-order valence-corrected chi connectivity index (χ2v) is 5.76. The maximum Gasteiger partial charge on any atom is 0.128 e. The molecule has 4 heteroatoms. The highest BCUT2D eigenvalue weighted by molar-refractivity contribution is 7.98. The van der Waals surface area contributed by atoms with Gasteiger partial charge in [0, 0.05) is 31.6 Å². The largest absolute Gasteiger partial charge is 0.359 e. The van der Waals surface area contributed by atoms with E-state index in [1.165, 1.54) is 17.7 Å². The normalized spacial score (nSPS) is 10.7. The molecule has 0 aromatic carbocycles. The van der Waals surface area contributed by atoms with Crippen molar-refractivity contribution in [2.45, 2.75) is 33.2 Å². The number of aryl methyl sites for hydroxylation is 1. The highest BCUT2D eigenvalue weighted by Crippen LogP contribution is 2.15. The van der Waals surface area contributed by atoms with Gasteiger partial charge in [-0.1, -0.05) is 13.8 Å². The number of pyridine rings is 1. The molecule has 0 saturated heterocycles. The summed E-state index contributed by atoms with van der Waals surface area (Å²) in [5, 5.41) is 3.46. The van der Waals surface area contributed by atoms with Gasteiger partial charge in [0.2, 0.25) is 0 Å². The predicted octanol–water partition coefficient (Wildman–Crippen LogP) is 2.94. The summed E-state index contributed by atoms with van der Waals surface area (Å²) in [6, 6.07) is 4.43. The highest BCUT2D eigenvalue weighted by atomic mass is 32.2. The Balaban J connectivity index is 2.76. The minimum atomic E-state index is 0.937. The molecular formula is C15H27N3S. The van der Waals surface area contributed by atoms with Crippen LogP contribution in [-0.4, -0.2) is 37.1 Å². The van der Waals surface area contributed by atoms with Crippen LogP contribution >= 0.6 is 11.8 Å². The van der Waals surface area contributed by atoms with Crippen LogP contribution in [-0.2, 0) is 13.0 Å². The Hall–Kier alpha value is -0.740. The van der Waals surface area contributed by atoms with E-state index in [4.69, 9.17) is 4.98 Å². The van der Waals surface area contributed by atoms with Crippen LogP contribution in [0, 0.1) is 0 Å². The lowest BCUT2D eigenvalue weighted by atomic mass is 10.2. The van der Waals surface area contributed by atoms with Crippen molar-refractivity contribution in [3.63, 3.8) is 0 Å². The molecule has 0 bridgehead atoms. The van der Waals surface area contributed by atoms with Crippen molar-refractivity contribution in [1.29, 1.82) is 0 Å². The van der Waals surface area contributed by atoms with E-state index in [-0.39, 0.29) is 0 Å². The van der Waals surface area contributed by atoms with Gasteiger partial charge in [0.1, 0.15) is 5.82 Å². The maximum absolute atomic E-state index is 4.72. The molecule has 0 aliphatic rings. The van der Waals surface area contributed by atoms with E-state index >= 15 is 0 Å². The van der Waals surface area contributed by atoms with Gasteiger partial charge in [-0.3, -0.25) is 0 Å². The summed E-state index contributed by atoms with van der Waals surface area (Å²) in [7, 11) is 2.13. The van der Waals surface area contributed by atoms with E-state index in [1.54, 1.807) is 0 Å². The zero-order chi connectivity index (χ0) is 14.1. The maximum atomic E-state index is 4.72. The first-order valence-electron chi connectivity index (χ1n) is 7.11. The van der Waals surface area contributed by atoms with Gasteiger partial charge in [0.05, 0.1) is 0 Å². The summed E-state index contributed by atoms with van der Waals surface area (Å²) < 4.78 is 0. The number of hydrogen-bond acceptors (Lipinski definition) is 4. The molecule has 0 unspecified atom stereocenters. The third-order valence-electron chi connectivity index (χ3n) is 3.06. The molecule has 1 aromatic heterocycles. The van der Waals surface area contributed by atoms with Gasteiger partial charge in [-0.2, -0.15) is 11.8 Å². The molecule has 0 saturated carbocycles. The lowest BCUT2D eigenvalue weighted by Gasteiger charge is -2.19. The molecule has 1 aromatic rings. The Labute approximate surface area is 122 Å². The van der Waals surface area contributed by atoms with Crippen LogP contribution in [0.1, 0.15) is 31.5 Å². The summed E-state index contributed by atoms with van der Waals surface area (Å²) in [5.41, 5.74) is 2.52. The van der Waals surface area contributed by atoms with Gasteiger partial charge >= 0.3 is 0 Å². The summed E-state index contributed by atoms with van der Waals surface area (Å²) in [5.74, 6) is 2.24. The summed E-state index contributed by atoms with van der Waals surface area (Å²) in [6.07, 6.45) is 4.31. The minimum absolute atomic E-state index is 0.937. The fourth-order valence-electron chi connectivity index (χ4n) is 1.86. The molecule has 0 amide bonds. The molecule has 1 heterocycles. The average Bonchev–Trinajstić information content (AvgIpc) is 2.44. The zero-order valence-electron chi connectivity index (χ0n) is 12.7. The van der Waals surface area contributed by atoms with Gasteiger partial charge in [-0.05, 0) is 43.3 Å². The number of thioether (sulfide) groups is 1. The molecule has 0 fully saturated rings. The third-order valence-corrected chi connectivity index (χ3v) is 3.66. The molecule has 108 valence electrons. The van der Waals surface area contributed by atoms with E-state index < -0.39 is 0 Å². The summed E-state index contributed by atoms with van der Waals surface area (Å²) >= 11 is 1.87. The Bertz CT molecular complexity index is 368. The third kappa shape index (κ3) is 5.83. The van der Waals surface area contributed by atoms with E-state index in [9.17, 15) is 0 Å². The van der Waals surface area contributed by atoms with Crippen LogP contribution in [0.3, 0.4) is 0 Å². The van der Waals surface area contributed by atoms with Gasteiger partial charge < -0.3 is 10.2 Å². The van der Waals surface area contributed by atoms with Gasteiger partial charge in [-0.15, -0.1) is 0 Å². The fourth-order valence-corrected chi connectivity index (χ4v) is 2.32.